The van der Waals surface area contributed by atoms with Gasteiger partial charge in [0.2, 0.25) is 0 Å². The molecule has 0 spiro atoms. The van der Waals surface area contributed by atoms with Crippen molar-refractivity contribution in [2.45, 2.75) is 13.0 Å². The molecular formula is C20H18N6O. The lowest BCUT2D eigenvalue weighted by Gasteiger charge is -2.18. The summed E-state index contributed by atoms with van der Waals surface area (Å²) in [5.41, 5.74) is 7.25. The van der Waals surface area contributed by atoms with Crippen LogP contribution in [0.25, 0.3) is 22.2 Å². The van der Waals surface area contributed by atoms with E-state index in [0.717, 1.165) is 39.8 Å². The molecule has 1 aliphatic heterocycles. The van der Waals surface area contributed by atoms with E-state index < -0.39 is 0 Å². The van der Waals surface area contributed by atoms with Crippen LogP contribution in [-0.2, 0) is 13.0 Å². The lowest BCUT2D eigenvalue weighted by atomic mass is 10.0. The topological polar surface area (TPSA) is 89.7 Å². The Hall–Kier alpha value is -3.61. The predicted molar refractivity (Wildman–Crippen MR) is 103 cm³/mol. The van der Waals surface area contributed by atoms with Gasteiger partial charge in [-0.25, -0.2) is 9.78 Å². The molecule has 0 radical (unpaired) electrons. The molecule has 134 valence electrons. The Morgan fingerprint density at radius 2 is 2.15 bits per heavy atom. The van der Waals surface area contributed by atoms with E-state index in [-0.39, 0.29) is 6.03 Å². The van der Waals surface area contributed by atoms with E-state index in [1.165, 1.54) is 5.56 Å². The van der Waals surface area contributed by atoms with Crippen molar-refractivity contribution in [2.75, 3.05) is 11.4 Å². The smallest absolute Gasteiger partial charge is 0.322 e. The fourth-order valence-electron chi connectivity index (χ4n) is 3.57. The van der Waals surface area contributed by atoms with Crippen molar-refractivity contribution in [3.63, 3.8) is 0 Å². The number of imidazole rings is 1. The van der Waals surface area contributed by atoms with Crippen LogP contribution in [0.3, 0.4) is 0 Å². The van der Waals surface area contributed by atoms with E-state index in [2.05, 4.69) is 31.5 Å². The van der Waals surface area contributed by atoms with Gasteiger partial charge in [0.25, 0.3) is 0 Å². The number of carbonyl (C=O) groups is 1. The van der Waals surface area contributed by atoms with Crippen molar-refractivity contribution in [2.24, 2.45) is 0 Å². The van der Waals surface area contributed by atoms with E-state index in [1.807, 2.05) is 41.4 Å². The molecule has 7 nitrogen and oxygen atoms in total. The number of benzene rings is 2. The van der Waals surface area contributed by atoms with Gasteiger partial charge >= 0.3 is 6.03 Å². The van der Waals surface area contributed by atoms with Gasteiger partial charge in [-0.05, 0) is 47.4 Å². The molecule has 1 aliphatic rings. The molecule has 0 saturated heterocycles. The minimum atomic E-state index is -0.0745. The van der Waals surface area contributed by atoms with Crippen LogP contribution in [0, 0.1) is 0 Å². The highest BCUT2D eigenvalue weighted by Crippen LogP contribution is 2.32. The Kier molecular flexibility index (Phi) is 3.64. The highest BCUT2D eigenvalue weighted by Gasteiger charge is 2.24. The maximum atomic E-state index is 12.7. The molecular weight excluding hydrogens is 340 g/mol. The number of rotatable bonds is 3. The normalized spacial score (nSPS) is 13.1. The van der Waals surface area contributed by atoms with Gasteiger partial charge < -0.3 is 10.3 Å². The molecule has 4 aromatic rings. The number of anilines is 1. The number of amides is 2. The minimum Gasteiger partial charge on any atom is -0.345 e. The third-order valence-corrected chi connectivity index (χ3v) is 4.98. The van der Waals surface area contributed by atoms with Gasteiger partial charge in [0.1, 0.15) is 0 Å². The van der Waals surface area contributed by atoms with Crippen molar-refractivity contribution in [3.05, 3.63) is 66.2 Å². The second-order valence-electron chi connectivity index (χ2n) is 6.64. The largest absolute Gasteiger partial charge is 0.345 e. The maximum Gasteiger partial charge on any atom is 0.322 e. The van der Waals surface area contributed by atoms with Gasteiger partial charge in [-0.2, -0.15) is 5.10 Å². The van der Waals surface area contributed by atoms with Gasteiger partial charge in [-0.15, -0.1) is 0 Å². The summed E-state index contributed by atoms with van der Waals surface area (Å²) < 4.78 is 0. The Morgan fingerprint density at radius 3 is 3.04 bits per heavy atom. The molecule has 0 saturated carbocycles. The molecule has 2 aromatic heterocycles. The second kappa shape index (κ2) is 6.28. The summed E-state index contributed by atoms with van der Waals surface area (Å²) in [5, 5.41) is 9.85. The predicted octanol–water partition coefficient (Wildman–Crippen LogP) is 3.23. The Morgan fingerprint density at radius 1 is 1.19 bits per heavy atom. The summed E-state index contributed by atoms with van der Waals surface area (Å²) in [6, 6.07) is 12.1. The number of aromatic amines is 2. The number of hydrogen-bond donors (Lipinski definition) is 3. The zero-order valence-electron chi connectivity index (χ0n) is 14.6. The van der Waals surface area contributed by atoms with Crippen LogP contribution in [-0.4, -0.2) is 32.7 Å². The molecule has 5 rings (SSSR count). The average Bonchev–Trinajstić information content (AvgIpc) is 3.45. The van der Waals surface area contributed by atoms with Gasteiger partial charge in [-0.3, -0.25) is 10.00 Å². The average molecular weight is 358 g/mol. The maximum absolute atomic E-state index is 12.7. The van der Waals surface area contributed by atoms with E-state index >= 15 is 0 Å². The van der Waals surface area contributed by atoms with Crippen LogP contribution in [0.15, 0.2) is 55.1 Å². The van der Waals surface area contributed by atoms with Crippen molar-refractivity contribution in [1.29, 1.82) is 0 Å². The van der Waals surface area contributed by atoms with Crippen LogP contribution in [0.4, 0.5) is 10.5 Å². The van der Waals surface area contributed by atoms with E-state index in [4.69, 9.17) is 0 Å². The summed E-state index contributed by atoms with van der Waals surface area (Å²) >= 11 is 0. The number of nitrogens with zero attached hydrogens (tertiary/aromatic N) is 3. The molecule has 0 bridgehead atoms. The Balaban J connectivity index is 1.30. The molecule has 0 unspecified atom stereocenters. The number of fused-ring (bicyclic) bond motifs is 2. The first-order valence-electron chi connectivity index (χ1n) is 8.87. The molecule has 0 fully saturated rings. The highest BCUT2D eigenvalue weighted by molar-refractivity contribution is 5.94. The quantitative estimate of drug-likeness (QED) is 0.525. The van der Waals surface area contributed by atoms with Gasteiger partial charge in [0.05, 0.1) is 23.6 Å². The third kappa shape index (κ3) is 2.83. The Labute approximate surface area is 155 Å². The number of hydrogen-bond acceptors (Lipinski definition) is 3. The van der Waals surface area contributed by atoms with Gasteiger partial charge in [0, 0.05) is 30.5 Å². The lowest BCUT2D eigenvalue weighted by molar-refractivity contribution is 0.246. The number of nitrogens with one attached hydrogen (secondary N) is 3. The number of carbonyl (C=O) groups excluding carboxylic acids is 1. The first-order chi connectivity index (χ1) is 13.3. The summed E-state index contributed by atoms with van der Waals surface area (Å²) in [6.07, 6.45) is 6.20. The van der Waals surface area contributed by atoms with Gasteiger partial charge in [-0.1, -0.05) is 12.1 Å². The van der Waals surface area contributed by atoms with Crippen LogP contribution in [0.5, 0.6) is 0 Å². The second-order valence-corrected chi connectivity index (χ2v) is 6.64. The zero-order chi connectivity index (χ0) is 18.2. The molecule has 0 atom stereocenters. The summed E-state index contributed by atoms with van der Waals surface area (Å²) in [4.78, 5) is 21.8. The zero-order valence-corrected chi connectivity index (χ0v) is 14.6. The van der Waals surface area contributed by atoms with Crippen LogP contribution in [0.1, 0.15) is 11.1 Å². The fourth-order valence-corrected chi connectivity index (χ4v) is 3.57. The summed E-state index contributed by atoms with van der Waals surface area (Å²) in [7, 11) is 0. The molecule has 0 aliphatic carbocycles. The van der Waals surface area contributed by atoms with Gasteiger partial charge in [0.15, 0.2) is 0 Å². The van der Waals surface area contributed by atoms with E-state index in [1.54, 1.807) is 12.5 Å². The Bertz CT molecular complexity index is 1110. The van der Waals surface area contributed by atoms with Crippen molar-refractivity contribution in [3.8, 4) is 11.1 Å². The molecule has 3 heterocycles. The first-order valence-corrected chi connectivity index (χ1v) is 8.87. The molecule has 2 amide bonds. The van der Waals surface area contributed by atoms with Crippen LogP contribution in [0.2, 0.25) is 0 Å². The van der Waals surface area contributed by atoms with Crippen molar-refractivity contribution >= 4 is 22.8 Å². The van der Waals surface area contributed by atoms with Crippen molar-refractivity contribution in [1.82, 2.24) is 25.5 Å². The van der Waals surface area contributed by atoms with Crippen molar-refractivity contribution < 1.29 is 4.79 Å². The lowest BCUT2D eigenvalue weighted by Crippen LogP contribution is -2.38. The SMILES string of the molecule is O=C(NCc1ccc2nc[nH]c2c1)N1CCc2cc(-c3cn[nH]c3)ccc21. The summed E-state index contributed by atoms with van der Waals surface area (Å²) in [6.45, 7) is 1.17. The number of H-pyrrole nitrogens is 2. The third-order valence-electron chi connectivity index (χ3n) is 4.98. The molecule has 7 heteroatoms. The number of aromatic nitrogens is 4. The monoisotopic (exact) mass is 358 g/mol. The standard InChI is InChI=1S/C20H18N6O/c27-20(21-9-13-1-3-17-18(7-13)23-12-22-17)26-6-5-15-8-14(2-4-19(15)26)16-10-24-25-11-16/h1-4,7-8,10-12H,5-6,9H2,(H,21,27)(H,22,23)(H,24,25). The highest BCUT2D eigenvalue weighted by atomic mass is 16.2. The molecule has 3 N–H and O–H groups in total. The fraction of sp³-hybridized carbons (Fsp3) is 0.150. The first kappa shape index (κ1) is 15.6. The van der Waals surface area contributed by atoms with E-state index in [0.29, 0.717) is 13.1 Å². The molecule has 2 aromatic carbocycles. The minimum absolute atomic E-state index is 0.0745. The molecule has 27 heavy (non-hydrogen) atoms. The van der Waals surface area contributed by atoms with Crippen LogP contribution < -0.4 is 10.2 Å². The van der Waals surface area contributed by atoms with E-state index in [9.17, 15) is 4.79 Å². The van der Waals surface area contributed by atoms with Crippen LogP contribution >= 0.6 is 0 Å². The number of urea groups is 1. The summed E-state index contributed by atoms with van der Waals surface area (Å²) in [5.74, 6) is 0.